The molecule has 0 aromatic carbocycles. The zero-order chi connectivity index (χ0) is 21.7. The number of furan rings is 1. The third-order valence-electron chi connectivity index (χ3n) is 4.65. The van der Waals surface area contributed by atoms with Crippen LogP contribution in [0.25, 0.3) is 0 Å². The van der Waals surface area contributed by atoms with Gasteiger partial charge in [-0.25, -0.2) is 13.1 Å². The number of sulfonamides is 1. The number of nitrogens with zero attached hydrogens (tertiary/aromatic N) is 1. The van der Waals surface area contributed by atoms with E-state index in [1.807, 2.05) is 0 Å². The maximum absolute atomic E-state index is 12.8. The van der Waals surface area contributed by atoms with E-state index in [9.17, 15) is 22.8 Å². The Kier molecular flexibility index (Phi) is 6.90. The van der Waals surface area contributed by atoms with Crippen molar-refractivity contribution in [3.63, 3.8) is 0 Å². The van der Waals surface area contributed by atoms with Crippen molar-refractivity contribution in [1.82, 2.24) is 14.9 Å². The average molecular weight is 455 g/mol. The van der Waals surface area contributed by atoms with Crippen molar-refractivity contribution in [1.29, 1.82) is 0 Å². The van der Waals surface area contributed by atoms with Crippen molar-refractivity contribution in [3.8, 4) is 0 Å². The maximum Gasteiger partial charge on any atom is 0.290 e. The first-order valence-electron chi connectivity index (χ1n) is 9.24. The number of hydrogen-bond donors (Lipinski definition) is 3. The van der Waals surface area contributed by atoms with E-state index < -0.39 is 39.8 Å². The third kappa shape index (κ3) is 5.26. The fourth-order valence-electron chi connectivity index (χ4n) is 3.23. The molecule has 2 atom stereocenters. The van der Waals surface area contributed by atoms with Crippen molar-refractivity contribution in [3.05, 3.63) is 41.7 Å². The highest BCUT2D eigenvalue weighted by Gasteiger charge is 2.38. The molecule has 1 aliphatic rings. The SMILES string of the molecule is NC(=O)CCNC(=O)[C@@H]1C[C@@H](NS(=O)(=O)c2cccs2)CCN1C(=O)c1ccco1. The van der Waals surface area contributed by atoms with E-state index in [-0.39, 0.29) is 35.9 Å². The second kappa shape index (κ2) is 9.41. The Labute approximate surface area is 177 Å². The first kappa shape index (κ1) is 22.0. The number of carbonyl (C=O) groups excluding carboxylic acids is 3. The predicted octanol–water partition coefficient (Wildman–Crippen LogP) is 0.284. The van der Waals surface area contributed by atoms with Crippen LogP contribution in [0, 0.1) is 0 Å². The Morgan fingerprint density at radius 1 is 1.27 bits per heavy atom. The predicted molar refractivity (Wildman–Crippen MR) is 108 cm³/mol. The molecule has 0 unspecified atom stereocenters. The number of nitrogens with one attached hydrogen (secondary N) is 2. The molecule has 1 fully saturated rings. The van der Waals surface area contributed by atoms with Crippen LogP contribution >= 0.6 is 11.3 Å². The minimum absolute atomic E-state index is 0.0268. The van der Waals surface area contributed by atoms with Crippen molar-refractivity contribution < 1.29 is 27.2 Å². The quantitative estimate of drug-likeness (QED) is 0.521. The number of carbonyl (C=O) groups is 3. The molecule has 3 rings (SSSR count). The van der Waals surface area contributed by atoms with Gasteiger partial charge in [0.25, 0.3) is 5.91 Å². The molecule has 0 bridgehead atoms. The summed E-state index contributed by atoms with van der Waals surface area (Å²) in [6.07, 6.45) is 1.73. The topological polar surface area (TPSA) is 152 Å². The summed E-state index contributed by atoms with van der Waals surface area (Å²) in [7, 11) is -3.72. The van der Waals surface area contributed by atoms with Gasteiger partial charge in [0.05, 0.1) is 6.26 Å². The van der Waals surface area contributed by atoms with E-state index in [2.05, 4.69) is 10.0 Å². The van der Waals surface area contributed by atoms with Gasteiger partial charge in [0.2, 0.25) is 21.8 Å². The lowest BCUT2D eigenvalue weighted by Gasteiger charge is -2.38. The summed E-state index contributed by atoms with van der Waals surface area (Å²) in [5.41, 5.74) is 5.09. The van der Waals surface area contributed by atoms with Gasteiger partial charge in [0.15, 0.2) is 5.76 Å². The Morgan fingerprint density at radius 3 is 2.70 bits per heavy atom. The first-order valence-corrected chi connectivity index (χ1v) is 11.6. The molecular formula is C18H22N4O6S2. The van der Waals surface area contributed by atoms with Gasteiger partial charge in [0.1, 0.15) is 10.3 Å². The van der Waals surface area contributed by atoms with Crippen LogP contribution in [-0.2, 0) is 19.6 Å². The van der Waals surface area contributed by atoms with Gasteiger partial charge in [-0.15, -0.1) is 11.3 Å². The minimum Gasteiger partial charge on any atom is -0.459 e. The summed E-state index contributed by atoms with van der Waals surface area (Å²) in [5, 5.41) is 4.25. The van der Waals surface area contributed by atoms with Gasteiger partial charge in [-0.05, 0) is 36.4 Å². The number of rotatable bonds is 8. The Hall–Kier alpha value is -2.70. The average Bonchev–Trinajstić information content (AvgIpc) is 3.41. The van der Waals surface area contributed by atoms with Crippen LogP contribution in [0.5, 0.6) is 0 Å². The summed E-state index contributed by atoms with van der Waals surface area (Å²) in [6.45, 7) is 0.185. The van der Waals surface area contributed by atoms with E-state index in [0.29, 0.717) is 6.42 Å². The van der Waals surface area contributed by atoms with Crippen LogP contribution in [0.15, 0.2) is 44.5 Å². The van der Waals surface area contributed by atoms with Crippen LogP contribution in [0.3, 0.4) is 0 Å². The van der Waals surface area contributed by atoms with Crippen molar-refractivity contribution >= 4 is 39.1 Å². The summed E-state index contributed by atoms with van der Waals surface area (Å²) in [4.78, 5) is 37.8. The van der Waals surface area contributed by atoms with Crippen molar-refractivity contribution in [2.75, 3.05) is 13.1 Å². The number of hydrogen-bond acceptors (Lipinski definition) is 7. The second-order valence-corrected chi connectivity index (χ2v) is 9.66. The van der Waals surface area contributed by atoms with Gasteiger partial charge in [-0.3, -0.25) is 14.4 Å². The number of primary amides is 1. The lowest BCUT2D eigenvalue weighted by molar-refractivity contribution is -0.127. The largest absolute Gasteiger partial charge is 0.459 e. The lowest BCUT2D eigenvalue weighted by Crippen LogP contribution is -2.57. The molecule has 0 aliphatic carbocycles. The lowest BCUT2D eigenvalue weighted by atomic mass is 9.96. The van der Waals surface area contributed by atoms with Gasteiger partial charge < -0.3 is 20.4 Å². The normalized spacial score (nSPS) is 19.4. The molecule has 2 aromatic heterocycles. The molecule has 162 valence electrons. The molecule has 0 radical (unpaired) electrons. The van der Waals surface area contributed by atoms with Gasteiger partial charge in [-0.2, -0.15) is 0 Å². The van der Waals surface area contributed by atoms with Crippen LogP contribution in [0.2, 0.25) is 0 Å². The molecule has 1 aliphatic heterocycles. The zero-order valence-corrected chi connectivity index (χ0v) is 17.6. The number of nitrogens with two attached hydrogens (primary N) is 1. The molecule has 0 saturated carbocycles. The molecule has 30 heavy (non-hydrogen) atoms. The molecule has 3 heterocycles. The summed E-state index contributed by atoms with van der Waals surface area (Å²) < 4.78 is 33.0. The standard InChI is InChI=1S/C18H22N4O6S2/c19-15(23)5-7-20-17(24)13-11-12(21-30(26,27)16-4-2-10-29-16)6-8-22(13)18(25)14-3-1-9-28-14/h1-4,9-10,12-13,21H,5-8,11H2,(H2,19,23)(H,20,24)/t12-,13-/m0/s1. The summed E-state index contributed by atoms with van der Waals surface area (Å²) >= 11 is 1.09. The smallest absolute Gasteiger partial charge is 0.290 e. The molecule has 10 nitrogen and oxygen atoms in total. The molecule has 3 amide bonds. The Bertz CT molecular complexity index is 988. The van der Waals surface area contributed by atoms with Crippen LogP contribution < -0.4 is 15.8 Å². The van der Waals surface area contributed by atoms with Crippen molar-refractivity contribution in [2.24, 2.45) is 5.73 Å². The number of thiophene rings is 1. The monoisotopic (exact) mass is 454 g/mol. The minimum atomic E-state index is -3.72. The van der Waals surface area contributed by atoms with E-state index in [1.165, 1.54) is 23.3 Å². The first-order chi connectivity index (χ1) is 14.3. The van der Waals surface area contributed by atoms with Crippen molar-refractivity contribution in [2.45, 2.75) is 35.6 Å². The van der Waals surface area contributed by atoms with Gasteiger partial charge in [0, 0.05) is 25.6 Å². The molecular weight excluding hydrogens is 432 g/mol. The third-order valence-corrected chi connectivity index (χ3v) is 7.57. The van der Waals surface area contributed by atoms with Crippen LogP contribution in [0.1, 0.15) is 29.8 Å². The highest BCUT2D eigenvalue weighted by molar-refractivity contribution is 7.91. The Morgan fingerprint density at radius 2 is 2.07 bits per heavy atom. The molecule has 1 saturated heterocycles. The van der Waals surface area contributed by atoms with E-state index >= 15 is 0 Å². The summed E-state index contributed by atoms with van der Waals surface area (Å²) in [6, 6.07) is 4.73. The van der Waals surface area contributed by atoms with E-state index in [1.54, 1.807) is 17.5 Å². The highest BCUT2D eigenvalue weighted by atomic mass is 32.2. The fourth-order valence-corrected chi connectivity index (χ4v) is 5.52. The second-order valence-electron chi connectivity index (χ2n) is 6.77. The molecule has 0 spiro atoms. The van der Waals surface area contributed by atoms with Crippen LogP contribution in [-0.4, -0.2) is 56.2 Å². The number of amides is 3. The Balaban J connectivity index is 1.74. The van der Waals surface area contributed by atoms with E-state index in [0.717, 1.165) is 11.3 Å². The zero-order valence-electron chi connectivity index (χ0n) is 15.9. The number of likely N-dealkylation sites (tertiary alicyclic amines) is 1. The highest BCUT2D eigenvalue weighted by Crippen LogP contribution is 2.23. The van der Waals surface area contributed by atoms with E-state index in [4.69, 9.17) is 10.2 Å². The molecule has 12 heteroatoms. The summed E-state index contributed by atoms with van der Waals surface area (Å²) in [5.74, 6) is -1.43. The number of piperidine rings is 1. The van der Waals surface area contributed by atoms with Gasteiger partial charge in [-0.1, -0.05) is 6.07 Å². The maximum atomic E-state index is 12.8. The fraction of sp³-hybridized carbons (Fsp3) is 0.389. The molecule has 4 N–H and O–H groups in total. The van der Waals surface area contributed by atoms with Gasteiger partial charge >= 0.3 is 0 Å². The van der Waals surface area contributed by atoms with Crippen LogP contribution in [0.4, 0.5) is 0 Å². The molecule has 2 aromatic rings.